The van der Waals surface area contributed by atoms with Crippen LogP contribution in [0, 0.1) is 0 Å². The number of hydrogen-bond acceptors (Lipinski definition) is 5. The molecule has 0 radical (unpaired) electrons. The molecule has 1 aliphatic rings. The number of benzene rings is 1. The second-order valence-corrected chi connectivity index (χ2v) is 6.20. The van der Waals surface area contributed by atoms with Crippen LogP contribution in [0.2, 0.25) is 5.02 Å². The summed E-state index contributed by atoms with van der Waals surface area (Å²) in [7, 11) is 0. The van der Waals surface area contributed by atoms with E-state index < -0.39 is 6.10 Å². The van der Waals surface area contributed by atoms with E-state index in [1.54, 1.807) is 12.1 Å². The molecule has 1 aromatic carbocycles. The zero-order valence-electron chi connectivity index (χ0n) is 14.6. The molecule has 1 N–H and O–H groups in total. The highest BCUT2D eigenvalue weighted by atomic mass is 35.5. The molecule has 0 bridgehead atoms. The van der Waals surface area contributed by atoms with Crippen LogP contribution in [0.15, 0.2) is 24.3 Å². The molecule has 5 nitrogen and oxygen atoms in total. The van der Waals surface area contributed by atoms with Gasteiger partial charge in [0.1, 0.15) is 12.4 Å². The Morgan fingerprint density at radius 1 is 1.04 bits per heavy atom. The van der Waals surface area contributed by atoms with Crippen molar-refractivity contribution in [2.45, 2.75) is 13.0 Å². The van der Waals surface area contributed by atoms with Crippen molar-refractivity contribution in [3.63, 3.8) is 0 Å². The molecule has 8 heteroatoms. The SMILES string of the molecule is CCN1CCN(CC(O)COCCOc2ccc(Cl)cc2)CC1.Cl.Cl. The van der Waals surface area contributed by atoms with Crippen molar-refractivity contribution >= 4 is 36.4 Å². The van der Waals surface area contributed by atoms with E-state index >= 15 is 0 Å². The van der Waals surface area contributed by atoms with E-state index in [4.69, 9.17) is 21.1 Å². The summed E-state index contributed by atoms with van der Waals surface area (Å²) in [6.07, 6.45) is -0.446. The number of ether oxygens (including phenoxy) is 2. The Bertz CT molecular complexity index is 443. The molecule has 2 rings (SSSR count). The van der Waals surface area contributed by atoms with Gasteiger partial charge in [0.25, 0.3) is 0 Å². The van der Waals surface area contributed by atoms with Crippen LogP contribution in [0.3, 0.4) is 0 Å². The van der Waals surface area contributed by atoms with Gasteiger partial charge >= 0.3 is 0 Å². The number of halogens is 3. The smallest absolute Gasteiger partial charge is 0.119 e. The molecule has 1 fully saturated rings. The highest BCUT2D eigenvalue weighted by Gasteiger charge is 2.18. The fourth-order valence-corrected chi connectivity index (χ4v) is 2.73. The van der Waals surface area contributed by atoms with Gasteiger partial charge in [0.05, 0.1) is 19.3 Å². The molecule has 0 amide bonds. The summed E-state index contributed by atoms with van der Waals surface area (Å²) in [4.78, 5) is 4.72. The molecule has 1 aliphatic heterocycles. The molecule has 1 unspecified atom stereocenters. The van der Waals surface area contributed by atoms with Crippen LogP contribution in [0.1, 0.15) is 6.92 Å². The molecule has 1 saturated heterocycles. The molecule has 146 valence electrons. The minimum atomic E-state index is -0.446. The van der Waals surface area contributed by atoms with Crippen molar-refractivity contribution in [1.29, 1.82) is 0 Å². The van der Waals surface area contributed by atoms with Crippen LogP contribution in [0.25, 0.3) is 0 Å². The Balaban J connectivity index is 0.00000288. The standard InChI is InChI=1S/C17H27ClN2O3.2ClH/c1-2-19-7-9-20(10-8-19)13-16(21)14-22-11-12-23-17-5-3-15(18)4-6-17;;/h3-6,16,21H,2,7-14H2,1H3;2*1H. The molecule has 0 aromatic heterocycles. The highest BCUT2D eigenvalue weighted by Crippen LogP contribution is 2.15. The maximum atomic E-state index is 10.0. The van der Waals surface area contributed by atoms with Crippen molar-refractivity contribution in [3.05, 3.63) is 29.3 Å². The molecule has 25 heavy (non-hydrogen) atoms. The Morgan fingerprint density at radius 3 is 2.24 bits per heavy atom. The lowest BCUT2D eigenvalue weighted by molar-refractivity contribution is 0.000391. The zero-order chi connectivity index (χ0) is 16.5. The molecule has 1 aromatic rings. The third kappa shape index (κ3) is 9.85. The average molecular weight is 416 g/mol. The van der Waals surface area contributed by atoms with E-state index in [-0.39, 0.29) is 24.8 Å². The van der Waals surface area contributed by atoms with Gasteiger partial charge in [0.2, 0.25) is 0 Å². The summed E-state index contributed by atoms with van der Waals surface area (Å²) < 4.78 is 11.0. The predicted octanol–water partition coefficient (Wildman–Crippen LogP) is 2.58. The van der Waals surface area contributed by atoms with Crippen LogP contribution in [0.4, 0.5) is 0 Å². The van der Waals surface area contributed by atoms with Gasteiger partial charge < -0.3 is 19.5 Å². The topological polar surface area (TPSA) is 45.2 Å². The number of aliphatic hydroxyl groups is 1. The number of rotatable bonds is 9. The maximum Gasteiger partial charge on any atom is 0.119 e. The maximum absolute atomic E-state index is 10.0. The molecular weight excluding hydrogens is 387 g/mol. The van der Waals surface area contributed by atoms with Gasteiger partial charge in [-0.05, 0) is 30.8 Å². The first-order valence-corrected chi connectivity index (χ1v) is 8.64. The van der Waals surface area contributed by atoms with E-state index in [2.05, 4.69) is 16.7 Å². The third-order valence-electron chi connectivity index (χ3n) is 4.00. The summed E-state index contributed by atoms with van der Waals surface area (Å²) in [6, 6.07) is 7.24. The van der Waals surface area contributed by atoms with Crippen LogP contribution in [-0.4, -0.2) is 80.1 Å². The second-order valence-electron chi connectivity index (χ2n) is 5.77. The van der Waals surface area contributed by atoms with Gasteiger partial charge in [-0.25, -0.2) is 0 Å². The summed E-state index contributed by atoms with van der Waals surface area (Å²) in [5.41, 5.74) is 0. The summed E-state index contributed by atoms with van der Waals surface area (Å²) >= 11 is 5.81. The van der Waals surface area contributed by atoms with E-state index in [1.165, 1.54) is 0 Å². The fourth-order valence-electron chi connectivity index (χ4n) is 2.61. The van der Waals surface area contributed by atoms with E-state index in [9.17, 15) is 5.11 Å². The Labute approximate surface area is 168 Å². The number of piperazine rings is 1. The summed E-state index contributed by atoms with van der Waals surface area (Å²) in [5.74, 6) is 0.771. The van der Waals surface area contributed by atoms with Gasteiger partial charge in [-0.3, -0.25) is 4.90 Å². The Hall–Kier alpha value is -0.270. The van der Waals surface area contributed by atoms with Crippen molar-refractivity contribution < 1.29 is 14.6 Å². The lowest BCUT2D eigenvalue weighted by atomic mass is 10.2. The Kier molecular flexibility index (Phi) is 13.7. The molecule has 1 heterocycles. The minimum absolute atomic E-state index is 0. The number of aliphatic hydroxyl groups excluding tert-OH is 1. The highest BCUT2D eigenvalue weighted by molar-refractivity contribution is 6.30. The average Bonchev–Trinajstić information content (AvgIpc) is 2.57. The fraction of sp³-hybridized carbons (Fsp3) is 0.647. The molecule has 0 saturated carbocycles. The molecule has 0 aliphatic carbocycles. The zero-order valence-corrected chi connectivity index (χ0v) is 17.0. The lowest BCUT2D eigenvalue weighted by Crippen LogP contribution is -2.48. The van der Waals surface area contributed by atoms with Crippen molar-refractivity contribution in [2.24, 2.45) is 0 Å². The summed E-state index contributed by atoms with van der Waals surface area (Å²) in [5, 5.41) is 10.7. The van der Waals surface area contributed by atoms with Crippen LogP contribution in [0.5, 0.6) is 5.75 Å². The summed E-state index contributed by atoms with van der Waals surface area (Å²) in [6.45, 7) is 9.44. The first kappa shape index (κ1) is 24.7. The molecular formula is C17H29Cl3N2O3. The largest absolute Gasteiger partial charge is 0.491 e. The monoisotopic (exact) mass is 414 g/mol. The molecule has 1 atom stereocenters. The third-order valence-corrected chi connectivity index (χ3v) is 4.25. The van der Waals surface area contributed by atoms with E-state index in [1.807, 2.05) is 12.1 Å². The number of nitrogens with zero attached hydrogens (tertiary/aromatic N) is 2. The van der Waals surface area contributed by atoms with Crippen molar-refractivity contribution in [2.75, 3.05) is 59.1 Å². The predicted molar refractivity (Wildman–Crippen MR) is 107 cm³/mol. The van der Waals surface area contributed by atoms with Gasteiger partial charge in [-0.15, -0.1) is 24.8 Å². The quantitative estimate of drug-likeness (QED) is 0.628. The van der Waals surface area contributed by atoms with Crippen LogP contribution < -0.4 is 4.74 Å². The first-order valence-electron chi connectivity index (χ1n) is 8.26. The number of hydrogen-bond donors (Lipinski definition) is 1. The van der Waals surface area contributed by atoms with Gasteiger partial charge in [0.15, 0.2) is 0 Å². The first-order chi connectivity index (χ1) is 11.2. The minimum Gasteiger partial charge on any atom is -0.491 e. The van der Waals surface area contributed by atoms with E-state index in [0.29, 0.717) is 31.4 Å². The number of β-amino-alcohol motifs (C(OH)–C–C–N with tert-alkyl or cyclic N) is 1. The van der Waals surface area contributed by atoms with E-state index in [0.717, 1.165) is 38.5 Å². The lowest BCUT2D eigenvalue weighted by Gasteiger charge is -2.34. The second kappa shape index (κ2) is 13.9. The van der Waals surface area contributed by atoms with Crippen molar-refractivity contribution in [1.82, 2.24) is 9.80 Å². The van der Waals surface area contributed by atoms with Gasteiger partial charge in [0, 0.05) is 37.7 Å². The Morgan fingerprint density at radius 2 is 1.64 bits per heavy atom. The normalized spacial score (nSPS) is 16.6. The van der Waals surface area contributed by atoms with Gasteiger partial charge in [-0.2, -0.15) is 0 Å². The van der Waals surface area contributed by atoms with Crippen LogP contribution in [-0.2, 0) is 4.74 Å². The van der Waals surface area contributed by atoms with Gasteiger partial charge in [-0.1, -0.05) is 18.5 Å². The number of likely N-dealkylation sites (N-methyl/N-ethyl adjacent to an activating group) is 1. The van der Waals surface area contributed by atoms with Crippen LogP contribution >= 0.6 is 36.4 Å². The van der Waals surface area contributed by atoms with Crippen molar-refractivity contribution in [3.8, 4) is 5.75 Å². The molecule has 0 spiro atoms.